The first-order valence-electron chi connectivity index (χ1n) is 6.48. The van der Waals surface area contributed by atoms with E-state index in [2.05, 4.69) is 11.9 Å². The molecule has 0 aliphatic carbocycles. The van der Waals surface area contributed by atoms with Crippen molar-refractivity contribution in [1.82, 2.24) is 4.98 Å². The first-order chi connectivity index (χ1) is 8.45. The second-order valence-corrected chi connectivity index (χ2v) is 4.65. The maximum Gasteiger partial charge on any atom is 0.416 e. The third-order valence-electron chi connectivity index (χ3n) is 3.00. The van der Waals surface area contributed by atoms with E-state index in [1.54, 1.807) is 0 Å². The van der Waals surface area contributed by atoms with Gasteiger partial charge < -0.3 is 0 Å². The van der Waals surface area contributed by atoms with Crippen molar-refractivity contribution in [3.8, 4) is 0 Å². The Morgan fingerprint density at radius 1 is 1.11 bits per heavy atom. The number of rotatable bonds is 6. The second-order valence-electron chi connectivity index (χ2n) is 4.65. The Kier molecular flexibility index (Phi) is 5.63. The van der Waals surface area contributed by atoms with Crippen LogP contribution in [0.1, 0.15) is 55.8 Å². The average Bonchev–Trinajstić information content (AvgIpc) is 2.29. The summed E-state index contributed by atoms with van der Waals surface area (Å²) in [7, 11) is 0. The summed E-state index contributed by atoms with van der Waals surface area (Å²) in [6, 6.07) is 1.19. The Labute approximate surface area is 106 Å². The van der Waals surface area contributed by atoms with Gasteiger partial charge in [0.15, 0.2) is 0 Å². The summed E-state index contributed by atoms with van der Waals surface area (Å²) in [5, 5.41) is 0. The van der Waals surface area contributed by atoms with Crippen LogP contribution in [0.5, 0.6) is 0 Å². The highest BCUT2D eigenvalue weighted by Crippen LogP contribution is 2.31. The van der Waals surface area contributed by atoms with Crippen molar-refractivity contribution < 1.29 is 13.2 Å². The number of hydrogen-bond acceptors (Lipinski definition) is 1. The fourth-order valence-electron chi connectivity index (χ4n) is 1.92. The highest BCUT2D eigenvalue weighted by Gasteiger charge is 2.32. The Balaban J connectivity index is 2.57. The molecule has 1 heterocycles. The zero-order chi connectivity index (χ0) is 13.6. The number of aromatic nitrogens is 1. The number of pyridine rings is 1. The Morgan fingerprint density at radius 2 is 1.78 bits per heavy atom. The number of alkyl halides is 3. The van der Waals surface area contributed by atoms with E-state index in [1.165, 1.54) is 32.0 Å². The van der Waals surface area contributed by atoms with E-state index < -0.39 is 11.7 Å². The summed E-state index contributed by atoms with van der Waals surface area (Å²) >= 11 is 0. The summed E-state index contributed by atoms with van der Waals surface area (Å²) in [4.78, 5) is 4.07. The standard InChI is InChI=1S/C14H20F3N/c1-3-4-5-6-7-8-12-9-13(14(15,16)17)11(2)10-18-12/h9-10H,3-8H2,1-2H3. The van der Waals surface area contributed by atoms with Gasteiger partial charge in [0.2, 0.25) is 0 Å². The van der Waals surface area contributed by atoms with Crippen LogP contribution in [0.4, 0.5) is 13.2 Å². The molecule has 0 bridgehead atoms. The van der Waals surface area contributed by atoms with Crippen LogP contribution in [0, 0.1) is 6.92 Å². The fourth-order valence-corrected chi connectivity index (χ4v) is 1.92. The Hall–Kier alpha value is -1.06. The van der Waals surface area contributed by atoms with Gasteiger partial charge in [-0.2, -0.15) is 13.2 Å². The van der Waals surface area contributed by atoms with Gasteiger partial charge in [-0.1, -0.05) is 32.6 Å². The summed E-state index contributed by atoms with van der Waals surface area (Å²) in [5.74, 6) is 0. The van der Waals surface area contributed by atoms with Crippen LogP contribution in [0.3, 0.4) is 0 Å². The maximum absolute atomic E-state index is 12.7. The fraction of sp³-hybridized carbons (Fsp3) is 0.643. The topological polar surface area (TPSA) is 12.9 Å². The van der Waals surface area contributed by atoms with E-state index in [1.807, 2.05) is 0 Å². The lowest BCUT2D eigenvalue weighted by atomic mass is 10.1. The van der Waals surface area contributed by atoms with Gasteiger partial charge in [-0.25, -0.2) is 0 Å². The molecule has 1 nitrogen and oxygen atoms in total. The first-order valence-corrected chi connectivity index (χ1v) is 6.48. The molecule has 1 aromatic heterocycles. The van der Waals surface area contributed by atoms with Gasteiger partial charge in [0.05, 0.1) is 5.56 Å². The smallest absolute Gasteiger partial charge is 0.261 e. The lowest BCUT2D eigenvalue weighted by molar-refractivity contribution is -0.138. The monoisotopic (exact) mass is 259 g/mol. The van der Waals surface area contributed by atoms with E-state index in [0.717, 1.165) is 19.3 Å². The van der Waals surface area contributed by atoms with Gasteiger partial charge in [-0.05, 0) is 31.4 Å². The van der Waals surface area contributed by atoms with Crippen molar-refractivity contribution in [3.05, 3.63) is 29.1 Å². The highest BCUT2D eigenvalue weighted by atomic mass is 19.4. The molecule has 0 unspecified atom stereocenters. The molecule has 0 saturated heterocycles. The van der Waals surface area contributed by atoms with Crippen LogP contribution in [-0.2, 0) is 12.6 Å². The largest absolute Gasteiger partial charge is 0.416 e. The number of hydrogen-bond donors (Lipinski definition) is 0. The number of halogens is 3. The molecule has 1 rings (SSSR count). The number of unbranched alkanes of at least 4 members (excludes halogenated alkanes) is 4. The van der Waals surface area contributed by atoms with Crippen LogP contribution in [0.2, 0.25) is 0 Å². The molecule has 0 aliphatic rings. The van der Waals surface area contributed by atoms with Gasteiger partial charge >= 0.3 is 6.18 Å². The number of nitrogens with zero attached hydrogens (tertiary/aromatic N) is 1. The number of aryl methyl sites for hydroxylation is 2. The molecule has 0 saturated carbocycles. The molecule has 0 N–H and O–H groups in total. The average molecular weight is 259 g/mol. The summed E-state index contributed by atoms with van der Waals surface area (Å²) in [5.41, 5.74) is 0.183. The highest BCUT2D eigenvalue weighted by molar-refractivity contribution is 5.28. The summed E-state index contributed by atoms with van der Waals surface area (Å²) in [6.45, 7) is 3.58. The molecule has 0 spiro atoms. The van der Waals surface area contributed by atoms with Crippen molar-refractivity contribution in [2.45, 2.75) is 58.5 Å². The van der Waals surface area contributed by atoms with Crippen LogP contribution < -0.4 is 0 Å². The van der Waals surface area contributed by atoms with Gasteiger partial charge in [0.1, 0.15) is 0 Å². The SMILES string of the molecule is CCCCCCCc1cc(C(F)(F)F)c(C)cn1. The van der Waals surface area contributed by atoms with Crippen LogP contribution in [0.25, 0.3) is 0 Å². The van der Waals surface area contributed by atoms with Crippen molar-refractivity contribution in [1.29, 1.82) is 0 Å². The third-order valence-corrected chi connectivity index (χ3v) is 3.00. The lowest BCUT2D eigenvalue weighted by Crippen LogP contribution is -2.09. The van der Waals surface area contributed by atoms with Crippen molar-refractivity contribution in [2.24, 2.45) is 0 Å². The minimum atomic E-state index is -4.27. The van der Waals surface area contributed by atoms with E-state index in [-0.39, 0.29) is 5.56 Å². The zero-order valence-corrected chi connectivity index (χ0v) is 11.0. The van der Waals surface area contributed by atoms with Crippen molar-refractivity contribution >= 4 is 0 Å². The second kappa shape index (κ2) is 6.76. The first kappa shape index (κ1) is 15.0. The summed E-state index contributed by atoms with van der Waals surface area (Å²) in [6.07, 6.45) is 3.16. The third kappa shape index (κ3) is 4.67. The van der Waals surface area contributed by atoms with Crippen molar-refractivity contribution in [2.75, 3.05) is 0 Å². The zero-order valence-electron chi connectivity index (χ0n) is 11.0. The van der Waals surface area contributed by atoms with E-state index in [9.17, 15) is 13.2 Å². The Morgan fingerprint density at radius 3 is 2.39 bits per heavy atom. The van der Waals surface area contributed by atoms with Gasteiger partial charge in [-0.3, -0.25) is 4.98 Å². The molecular weight excluding hydrogens is 239 g/mol. The van der Waals surface area contributed by atoms with E-state index in [0.29, 0.717) is 12.1 Å². The molecule has 0 amide bonds. The molecule has 18 heavy (non-hydrogen) atoms. The molecule has 0 fully saturated rings. The maximum atomic E-state index is 12.7. The van der Waals surface area contributed by atoms with Crippen LogP contribution >= 0.6 is 0 Å². The van der Waals surface area contributed by atoms with Crippen molar-refractivity contribution in [3.63, 3.8) is 0 Å². The predicted molar refractivity (Wildman–Crippen MR) is 66.4 cm³/mol. The molecule has 0 aliphatic heterocycles. The normalized spacial score (nSPS) is 11.8. The quantitative estimate of drug-likeness (QED) is 0.661. The Bertz CT molecular complexity index is 372. The lowest BCUT2D eigenvalue weighted by Gasteiger charge is -2.11. The molecule has 4 heteroatoms. The molecule has 0 atom stereocenters. The van der Waals surface area contributed by atoms with Gasteiger partial charge in [0, 0.05) is 11.9 Å². The van der Waals surface area contributed by atoms with Gasteiger partial charge in [0.25, 0.3) is 0 Å². The minimum absolute atomic E-state index is 0.192. The molecular formula is C14H20F3N. The minimum Gasteiger partial charge on any atom is -0.261 e. The molecule has 102 valence electrons. The molecule has 0 radical (unpaired) electrons. The molecule has 1 aromatic rings. The summed E-state index contributed by atoms with van der Waals surface area (Å²) < 4.78 is 38.1. The van der Waals surface area contributed by atoms with Crippen LogP contribution in [-0.4, -0.2) is 4.98 Å². The van der Waals surface area contributed by atoms with E-state index in [4.69, 9.17) is 0 Å². The van der Waals surface area contributed by atoms with Crippen LogP contribution in [0.15, 0.2) is 12.3 Å². The molecule has 0 aromatic carbocycles. The predicted octanol–water partition coefficient (Wildman–Crippen LogP) is 4.92. The van der Waals surface area contributed by atoms with E-state index >= 15 is 0 Å². The van der Waals surface area contributed by atoms with Gasteiger partial charge in [-0.15, -0.1) is 0 Å².